The molecule has 2 aromatic rings. The van der Waals surface area contributed by atoms with E-state index in [2.05, 4.69) is 28.5 Å². The molecule has 2 aliphatic carbocycles. The summed E-state index contributed by atoms with van der Waals surface area (Å²) in [6.07, 6.45) is 7.29. The smallest absolute Gasteiger partial charge is 0.354 e. The second kappa shape index (κ2) is 7.36. The highest BCUT2D eigenvalue weighted by Gasteiger charge is 2.36. The van der Waals surface area contributed by atoms with Crippen LogP contribution in [0.5, 0.6) is 0 Å². The van der Waals surface area contributed by atoms with Crippen molar-refractivity contribution in [2.45, 2.75) is 75.7 Å². The summed E-state index contributed by atoms with van der Waals surface area (Å²) in [4.78, 5) is 21.8. The fraction of sp³-hybridized carbons (Fsp3) is 0.500. The molecule has 0 fully saturated rings. The lowest BCUT2D eigenvalue weighted by molar-refractivity contribution is 0.0780. The Hall–Kier alpha value is -2.36. The number of aromatic nitrogens is 2. The van der Waals surface area contributed by atoms with Gasteiger partial charge in [-0.05, 0) is 63.1 Å². The van der Waals surface area contributed by atoms with Gasteiger partial charge in [0.25, 0.3) is 0 Å². The number of hydrogen-bond acceptors (Lipinski definition) is 5. The number of hydrogen-bond donors (Lipinski definition) is 3. The van der Waals surface area contributed by atoms with Gasteiger partial charge < -0.3 is 10.4 Å². The standard InChI is InChI=1S/C22H29N5O3S/c1-21(2)9-8-16-18(15-6-5-7-17(15)25-19(16)21)26-20(28)27-31(23,30)14-10-13(11-24-12-14)22(3,4)29/h10-12,29H,5-9H2,1-4H3,(H3,23,25,26,27,28,30). The van der Waals surface area contributed by atoms with Crippen molar-refractivity contribution in [2.24, 2.45) is 9.50 Å². The minimum Gasteiger partial charge on any atom is -0.386 e. The highest BCUT2D eigenvalue weighted by atomic mass is 32.2. The Kier molecular flexibility index (Phi) is 5.19. The van der Waals surface area contributed by atoms with Crippen molar-refractivity contribution in [3.05, 3.63) is 46.5 Å². The number of fused-ring (bicyclic) bond motifs is 2. The van der Waals surface area contributed by atoms with Crippen LogP contribution in [0.1, 0.15) is 68.6 Å². The summed E-state index contributed by atoms with van der Waals surface area (Å²) in [6.45, 7) is 7.50. The SMILES string of the molecule is CC(C)(O)c1cncc(S(N)(=O)=NC(=O)Nc2c3c(nc4c2CCC4(C)C)CCC3)c1. The van der Waals surface area contributed by atoms with Crippen molar-refractivity contribution in [1.82, 2.24) is 9.97 Å². The molecule has 0 aliphatic heterocycles. The zero-order valence-electron chi connectivity index (χ0n) is 18.4. The van der Waals surface area contributed by atoms with Crippen LogP contribution in [-0.4, -0.2) is 25.3 Å². The topological polar surface area (TPSA) is 131 Å². The maximum atomic E-state index is 13.1. The number of carbonyl (C=O) groups excluding carboxylic acids is 1. The molecule has 0 saturated heterocycles. The zero-order chi connectivity index (χ0) is 22.6. The number of carbonyl (C=O) groups is 1. The summed E-state index contributed by atoms with van der Waals surface area (Å²) >= 11 is 0. The van der Waals surface area contributed by atoms with E-state index >= 15 is 0 Å². The second-order valence-electron chi connectivity index (χ2n) is 9.54. The van der Waals surface area contributed by atoms with Gasteiger partial charge in [-0.15, -0.1) is 4.36 Å². The average molecular weight is 444 g/mol. The number of amides is 2. The molecule has 2 heterocycles. The van der Waals surface area contributed by atoms with E-state index < -0.39 is 21.5 Å². The molecule has 0 radical (unpaired) electrons. The van der Waals surface area contributed by atoms with Crippen molar-refractivity contribution >= 4 is 21.6 Å². The van der Waals surface area contributed by atoms with Gasteiger partial charge in [-0.25, -0.2) is 14.1 Å². The quantitative estimate of drug-likeness (QED) is 0.669. The number of nitrogens with two attached hydrogens (primary N) is 1. The lowest BCUT2D eigenvalue weighted by Crippen LogP contribution is -2.21. The van der Waals surface area contributed by atoms with Crippen molar-refractivity contribution in [3.63, 3.8) is 0 Å². The van der Waals surface area contributed by atoms with Crippen molar-refractivity contribution in [3.8, 4) is 0 Å². The predicted molar refractivity (Wildman–Crippen MR) is 119 cm³/mol. The lowest BCUT2D eigenvalue weighted by Gasteiger charge is -2.20. The molecular weight excluding hydrogens is 414 g/mol. The molecule has 0 spiro atoms. The number of nitrogens with zero attached hydrogens (tertiary/aromatic N) is 3. The van der Waals surface area contributed by atoms with Gasteiger partial charge in [0.1, 0.15) is 9.92 Å². The van der Waals surface area contributed by atoms with Gasteiger partial charge in [-0.2, -0.15) is 0 Å². The molecule has 4 N–H and O–H groups in total. The molecule has 4 rings (SSSR count). The molecule has 2 aliphatic rings. The average Bonchev–Trinajstić information content (AvgIpc) is 3.25. The van der Waals surface area contributed by atoms with Gasteiger partial charge >= 0.3 is 6.03 Å². The van der Waals surface area contributed by atoms with E-state index in [0.717, 1.165) is 60.3 Å². The molecule has 2 aromatic heterocycles. The first-order valence-corrected chi connectivity index (χ1v) is 12.1. The van der Waals surface area contributed by atoms with E-state index in [4.69, 9.17) is 10.1 Å². The van der Waals surface area contributed by atoms with Crippen LogP contribution in [0.4, 0.5) is 10.5 Å². The number of aliphatic hydroxyl groups is 1. The van der Waals surface area contributed by atoms with Crippen molar-refractivity contribution < 1.29 is 14.1 Å². The van der Waals surface area contributed by atoms with Crippen LogP contribution in [0.15, 0.2) is 27.7 Å². The fourth-order valence-electron chi connectivity index (χ4n) is 4.35. The normalized spacial score (nSPS) is 18.8. The van der Waals surface area contributed by atoms with Gasteiger partial charge in [-0.3, -0.25) is 9.97 Å². The third kappa shape index (κ3) is 4.09. The molecule has 0 saturated carbocycles. The first-order chi connectivity index (χ1) is 14.4. The summed E-state index contributed by atoms with van der Waals surface area (Å²) in [7, 11) is -3.54. The van der Waals surface area contributed by atoms with Gasteiger partial charge in [0.2, 0.25) is 0 Å². The van der Waals surface area contributed by atoms with Crippen LogP contribution in [0.3, 0.4) is 0 Å². The minimum atomic E-state index is -3.54. The summed E-state index contributed by atoms with van der Waals surface area (Å²) in [5.74, 6) is 0. The van der Waals surface area contributed by atoms with Crippen LogP contribution in [0, 0.1) is 0 Å². The van der Waals surface area contributed by atoms with Crippen LogP contribution in [0.25, 0.3) is 0 Å². The molecule has 0 bridgehead atoms. The van der Waals surface area contributed by atoms with Gasteiger partial charge in [-0.1, -0.05) is 13.8 Å². The molecule has 1 unspecified atom stereocenters. The van der Waals surface area contributed by atoms with E-state index in [0.29, 0.717) is 5.56 Å². The second-order valence-corrected chi connectivity index (χ2v) is 11.3. The minimum absolute atomic E-state index is 0.0474. The number of pyridine rings is 2. The Morgan fingerprint density at radius 2 is 2.00 bits per heavy atom. The highest BCUT2D eigenvalue weighted by molar-refractivity contribution is 7.91. The summed E-state index contributed by atoms with van der Waals surface area (Å²) in [6, 6.07) is 0.713. The van der Waals surface area contributed by atoms with Crippen LogP contribution < -0.4 is 10.5 Å². The number of aryl methyl sites for hydroxylation is 1. The summed E-state index contributed by atoms with van der Waals surface area (Å²) in [5.41, 5.74) is 4.11. The van der Waals surface area contributed by atoms with E-state index in [1.54, 1.807) is 13.8 Å². The Bertz CT molecular complexity index is 1190. The van der Waals surface area contributed by atoms with Gasteiger partial charge in [0.15, 0.2) is 0 Å². The van der Waals surface area contributed by atoms with Crippen molar-refractivity contribution in [2.75, 3.05) is 5.32 Å². The van der Waals surface area contributed by atoms with E-state index in [-0.39, 0.29) is 10.3 Å². The summed E-state index contributed by atoms with van der Waals surface area (Å²) in [5, 5.41) is 19.0. The first-order valence-electron chi connectivity index (χ1n) is 10.5. The lowest BCUT2D eigenvalue weighted by atomic mass is 9.90. The van der Waals surface area contributed by atoms with E-state index in [9.17, 15) is 14.1 Å². The maximum Gasteiger partial charge on any atom is 0.354 e. The van der Waals surface area contributed by atoms with Gasteiger partial charge in [0, 0.05) is 29.1 Å². The highest BCUT2D eigenvalue weighted by Crippen LogP contribution is 2.44. The van der Waals surface area contributed by atoms with Gasteiger partial charge in [0.05, 0.1) is 21.9 Å². The molecule has 1 atom stereocenters. The third-order valence-electron chi connectivity index (χ3n) is 6.17. The third-order valence-corrected chi connectivity index (χ3v) is 7.51. The first kappa shape index (κ1) is 21.9. The molecule has 2 amide bonds. The Labute approximate surface area is 183 Å². The molecule has 8 nitrogen and oxygen atoms in total. The zero-order valence-corrected chi connectivity index (χ0v) is 19.2. The Morgan fingerprint density at radius 3 is 2.71 bits per heavy atom. The monoisotopic (exact) mass is 443 g/mol. The fourth-order valence-corrected chi connectivity index (χ4v) is 5.26. The molecule has 31 heavy (non-hydrogen) atoms. The largest absolute Gasteiger partial charge is 0.386 e. The molecular formula is C22H29N5O3S. The van der Waals surface area contributed by atoms with E-state index in [1.165, 1.54) is 18.5 Å². The molecule has 9 heteroatoms. The maximum absolute atomic E-state index is 13.1. The Morgan fingerprint density at radius 1 is 1.26 bits per heavy atom. The summed E-state index contributed by atoms with van der Waals surface area (Å²) < 4.78 is 16.9. The van der Waals surface area contributed by atoms with Crippen LogP contribution >= 0.6 is 0 Å². The number of rotatable bonds is 3. The number of urea groups is 1. The predicted octanol–water partition coefficient (Wildman–Crippen LogP) is 3.35. The van der Waals surface area contributed by atoms with E-state index in [1.807, 2.05) is 0 Å². The Balaban J connectivity index is 1.70. The number of anilines is 1. The number of nitrogens with one attached hydrogen (secondary N) is 1. The van der Waals surface area contributed by atoms with Crippen LogP contribution in [-0.2, 0) is 40.2 Å². The molecule has 0 aromatic carbocycles. The van der Waals surface area contributed by atoms with Crippen molar-refractivity contribution in [1.29, 1.82) is 0 Å². The van der Waals surface area contributed by atoms with Crippen LogP contribution in [0.2, 0.25) is 0 Å². The molecule has 166 valence electrons.